The SMILES string of the molecule is CN(C)P(=O)(C(O[Si](C)(C)C)c1ccoc1)N(C)C. The zero-order chi connectivity index (χ0) is 14.8. The van der Waals surface area contributed by atoms with Gasteiger partial charge in [0.05, 0.1) is 12.5 Å². The van der Waals surface area contributed by atoms with Crippen LogP contribution in [0.25, 0.3) is 0 Å². The van der Waals surface area contributed by atoms with Gasteiger partial charge in [-0.3, -0.25) is 4.57 Å². The van der Waals surface area contributed by atoms with Crippen LogP contribution in [0.2, 0.25) is 19.6 Å². The van der Waals surface area contributed by atoms with Crippen molar-refractivity contribution >= 4 is 15.8 Å². The maximum Gasteiger partial charge on any atom is 0.246 e. The van der Waals surface area contributed by atoms with Gasteiger partial charge < -0.3 is 8.84 Å². The maximum absolute atomic E-state index is 13.4. The Bertz CT molecular complexity index is 428. The monoisotopic (exact) mass is 304 g/mol. The van der Waals surface area contributed by atoms with Crippen molar-refractivity contribution in [3.63, 3.8) is 0 Å². The van der Waals surface area contributed by atoms with Crippen LogP contribution in [0, 0.1) is 0 Å². The summed E-state index contributed by atoms with van der Waals surface area (Å²) in [5.74, 6) is -0.483. The largest absolute Gasteiger partial charge is 0.472 e. The summed E-state index contributed by atoms with van der Waals surface area (Å²) in [6.45, 7) is 6.28. The van der Waals surface area contributed by atoms with E-state index >= 15 is 0 Å². The molecule has 0 radical (unpaired) electrons. The Kier molecular flexibility index (Phi) is 5.20. The summed E-state index contributed by atoms with van der Waals surface area (Å²) < 4.78 is 28.3. The van der Waals surface area contributed by atoms with Crippen molar-refractivity contribution in [2.24, 2.45) is 0 Å². The first-order valence-electron chi connectivity index (χ1n) is 6.24. The van der Waals surface area contributed by atoms with Crippen LogP contribution in [0.15, 0.2) is 23.0 Å². The first-order chi connectivity index (χ1) is 8.59. The Balaban J connectivity index is 3.26. The van der Waals surface area contributed by atoms with Gasteiger partial charge in [-0.2, -0.15) is 0 Å². The Morgan fingerprint density at radius 1 is 1.21 bits per heavy atom. The van der Waals surface area contributed by atoms with Crippen LogP contribution < -0.4 is 0 Å². The number of nitrogens with zero attached hydrogens (tertiary/aromatic N) is 2. The van der Waals surface area contributed by atoms with E-state index in [0.717, 1.165) is 5.56 Å². The number of rotatable bonds is 6. The highest BCUT2D eigenvalue weighted by molar-refractivity contribution is 7.59. The molecule has 1 aromatic rings. The van der Waals surface area contributed by atoms with E-state index in [1.807, 2.05) is 34.3 Å². The highest BCUT2D eigenvalue weighted by Gasteiger charge is 2.42. The third-order valence-corrected chi connectivity index (χ3v) is 7.19. The Morgan fingerprint density at radius 3 is 2.05 bits per heavy atom. The minimum absolute atomic E-state index is 0.483. The van der Waals surface area contributed by atoms with Crippen molar-refractivity contribution in [3.8, 4) is 0 Å². The van der Waals surface area contributed by atoms with Crippen LogP contribution in [-0.4, -0.2) is 45.8 Å². The molecule has 19 heavy (non-hydrogen) atoms. The van der Waals surface area contributed by atoms with E-state index in [-0.39, 0.29) is 0 Å². The fourth-order valence-electron chi connectivity index (χ4n) is 1.86. The van der Waals surface area contributed by atoms with Crippen LogP contribution in [0.3, 0.4) is 0 Å². The van der Waals surface area contributed by atoms with Gasteiger partial charge in [-0.25, -0.2) is 9.34 Å². The Morgan fingerprint density at radius 2 is 1.74 bits per heavy atom. The van der Waals surface area contributed by atoms with Gasteiger partial charge in [0, 0.05) is 5.56 Å². The molecule has 0 N–H and O–H groups in total. The molecule has 0 aliphatic heterocycles. The average Bonchev–Trinajstić information content (AvgIpc) is 2.76. The fraction of sp³-hybridized carbons (Fsp3) is 0.667. The third-order valence-electron chi connectivity index (χ3n) is 2.75. The molecule has 0 saturated carbocycles. The van der Waals surface area contributed by atoms with Gasteiger partial charge in [0.15, 0.2) is 14.2 Å². The molecular weight excluding hydrogens is 279 g/mol. The highest BCUT2D eigenvalue weighted by atomic mass is 31.2. The molecule has 0 bridgehead atoms. The summed E-state index contributed by atoms with van der Waals surface area (Å²) in [5, 5.41) is 0. The lowest BCUT2D eigenvalue weighted by Crippen LogP contribution is -2.33. The van der Waals surface area contributed by atoms with Crippen molar-refractivity contribution < 1.29 is 13.4 Å². The van der Waals surface area contributed by atoms with E-state index in [2.05, 4.69) is 19.6 Å². The van der Waals surface area contributed by atoms with Crippen LogP contribution in [0.4, 0.5) is 0 Å². The molecule has 0 spiro atoms. The summed E-state index contributed by atoms with van der Waals surface area (Å²) in [5.41, 5.74) is 0.827. The van der Waals surface area contributed by atoms with E-state index in [1.165, 1.54) is 0 Å². The third kappa shape index (κ3) is 3.80. The van der Waals surface area contributed by atoms with Crippen LogP contribution in [0.1, 0.15) is 11.4 Å². The van der Waals surface area contributed by atoms with Gasteiger partial charge in [0.25, 0.3) is 0 Å². The van der Waals surface area contributed by atoms with Crippen LogP contribution >= 0.6 is 7.44 Å². The van der Waals surface area contributed by atoms with Gasteiger partial charge in [0.1, 0.15) is 0 Å². The summed E-state index contributed by atoms with van der Waals surface area (Å²) in [4.78, 5) is 0. The molecule has 0 saturated heterocycles. The van der Waals surface area contributed by atoms with Crippen molar-refractivity contribution in [1.82, 2.24) is 9.34 Å². The molecule has 1 heterocycles. The zero-order valence-corrected chi connectivity index (χ0v) is 14.8. The first-order valence-corrected chi connectivity index (χ1v) is 11.3. The minimum Gasteiger partial charge on any atom is -0.472 e. The van der Waals surface area contributed by atoms with Gasteiger partial charge in [0.2, 0.25) is 7.44 Å². The molecule has 1 unspecified atom stereocenters. The van der Waals surface area contributed by atoms with E-state index in [1.54, 1.807) is 21.9 Å². The Labute approximate surface area is 117 Å². The predicted molar refractivity (Wildman–Crippen MR) is 80.9 cm³/mol. The minimum atomic E-state index is -2.84. The quantitative estimate of drug-likeness (QED) is 0.595. The fourth-order valence-corrected chi connectivity index (χ4v) is 6.25. The molecule has 1 rings (SSSR count). The summed E-state index contributed by atoms with van der Waals surface area (Å²) in [6, 6.07) is 1.82. The topological polar surface area (TPSA) is 45.9 Å². The smallest absolute Gasteiger partial charge is 0.246 e. The standard InChI is InChI=1S/C12H25N2O3PSi/c1-13(2)18(15,14(3)4)12(17-19(5,6)7)11-8-9-16-10-11/h8-10,12H,1-7H3. The van der Waals surface area contributed by atoms with Gasteiger partial charge in [-0.05, 0) is 53.9 Å². The van der Waals surface area contributed by atoms with E-state index in [4.69, 9.17) is 8.84 Å². The number of hydrogen-bond donors (Lipinski definition) is 0. The average molecular weight is 304 g/mol. The summed E-state index contributed by atoms with van der Waals surface area (Å²) >= 11 is 0. The van der Waals surface area contributed by atoms with Gasteiger partial charge in [-0.1, -0.05) is 0 Å². The number of furan rings is 1. The van der Waals surface area contributed by atoms with Gasteiger partial charge >= 0.3 is 0 Å². The second kappa shape index (κ2) is 5.93. The molecule has 0 aliphatic carbocycles. The highest BCUT2D eigenvalue weighted by Crippen LogP contribution is 2.62. The van der Waals surface area contributed by atoms with Crippen molar-refractivity contribution in [2.75, 3.05) is 28.2 Å². The lowest BCUT2D eigenvalue weighted by molar-refractivity contribution is 0.245. The first kappa shape index (κ1) is 16.7. The van der Waals surface area contributed by atoms with Gasteiger partial charge in [-0.15, -0.1) is 0 Å². The van der Waals surface area contributed by atoms with Crippen molar-refractivity contribution in [3.05, 3.63) is 24.2 Å². The second-order valence-electron chi connectivity index (χ2n) is 5.92. The second-order valence-corrected chi connectivity index (χ2v) is 13.6. The number of hydrogen-bond acceptors (Lipinski definition) is 3. The summed E-state index contributed by atoms with van der Waals surface area (Å²) in [7, 11) is 2.60. The lowest BCUT2D eigenvalue weighted by Gasteiger charge is -2.39. The Hall–Kier alpha value is -0.393. The molecule has 1 aromatic heterocycles. The molecule has 0 amide bonds. The molecule has 0 fully saturated rings. The molecule has 0 aromatic carbocycles. The molecule has 7 heteroatoms. The van der Waals surface area contributed by atoms with E-state index in [9.17, 15) is 4.57 Å². The van der Waals surface area contributed by atoms with E-state index in [0.29, 0.717) is 0 Å². The maximum atomic E-state index is 13.4. The molecule has 0 aliphatic rings. The predicted octanol–water partition coefficient (Wildman–Crippen LogP) is 3.45. The normalized spacial score (nSPS) is 15.2. The molecule has 110 valence electrons. The van der Waals surface area contributed by atoms with Crippen LogP contribution in [-0.2, 0) is 8.99 Å². The lowest BCUT2D eigenvalue weighted by atomic mass is 10.4. The van der Waals surface area contributed by atoms with Crippen molar-refractivity contribution in [1.29, 1.82) is 0 Å². The molecule has 5 nitrogen and oxygen atoms in total. The zero-order valence-electron chi connectivity index (χ0n) is 12.9. The van der Waals surface area contributed by atoms with Crippen LogP contribution in [0.5, 0.6) is 0 Å². The van der Waals surface area contributed by atoms with E-state index < -0.39 is 21.6 Å². The van der Waals surface area contributed by atoms with Crippen molar-refractivity contribution in [2.45, 2.75) is 25.5 Å². The molecule has 1 atom stereocenters. The summed E-state index contributed by atoms with van der Waals surface area (Å²) in [6.07, 6.45) is 3.20. The molecular formula is C12H25N2O3PSi.